The molecular formula is C33H13B5ClN3O2. The van der Waals surface area contributed by atoms with Gasteiger partial charge in [0.05, 0.1) is 0 Å². The average Bonchev–Trinajstić information content (AvgIpc) is 3.59. The summed E-state index contributed by atoms with van der Waals surface area (Å²) >= 11 is 6.20. The van der Waals surface area contributed by atoms with Crippen LogP contribution in [0.4, 0.5) is 0 Å². The molecule has 44 heavy (non-hydrogen) atoms. The molecule has 0 aliphatic carbocycles. The Morgan fingerprint density at radius 2 is 0.909 bits per heavy atom. The Labute approximate surface area is 263 Å². The normalized spacial score (nSPS) is 11.8. The van der Waals surface area contributed by atoms with E-state index >= 15 is 0 Å². The lowest BCUT2D eigenvalue weighted by Gasteiger charge is -2.20. The van der Waals surface area contributed by atoms with Gasteiger partial charge in [-0.3, -0.25) is 0 Å². The number of hydrogen-bond donors (Lipinski definition) is 0. The quantitative estimate of drug-likeness (QED) is 0.304. The number of furan rings is 2. The van der Waals surface area contributed by atoms with Crippen LogP contribution in [0.5, 0.6) is 0 Å². The minimum atomic E-state index is 0.0984. The summed E-state index contributed by atoms with van der Waals surface area (Å²) in [7, 11) is 31.3. The number of fused-ring (bicyclic) bond motifs is 6. The number of nitrogens with zero attached hydrogens (tertiary/aromatic N) is 3. The predicted octanol–water partition coefficient (Wildman–Crippen LogP) is 3.29. The zero-order valence-corrected chi connectivity index (χ0v) is 23.7. The first kappa shape index (κ1) is 26.9. The van der Waals surface area contributed by atoms with Gasteiger partial charge in [0.2, 0.25) is 0 Å². The van der Waals surface area contributed by atoms with E-state index in [2.05, 4.69) is 0 Å². The van der Waals surface area contributed by atoms with Gasteiger partial charge in [-0.05, 0) is 42.5 Å². The van der Waals surface area contributed by atoms with Crippen LogP contribution in [0.1, 0.15) is 0 Å². The van der Waals surface area contributed by atoms with Gasteiger partial charge in [0, 0.05) is 49.3 Å². The number of benzene rings is 5. The van der Waals surface area contributed by atoms with Crippen LogP contribution in [0.3, 0.4) is 0 Å². The van der Waals surface area contributed by atoms with Crippen LogP contribution in [0.25, 0.3) is 78.0 Å². The zero-order valence-electron chi connectivity index (χ0n) is 22.9. The van der Waals surface area contributed by atoms with Gasteiger partial charge in [-0.25, -0.2) is 15.0 Å². The summed E-state index contributed by atoms with van der Waals surface area (Å²) in [4.78, 5) is 14.4. The first-order valence-electron chi connectivity index (χ1n) is 13.6. The summed E-state index contributed by atoms with van der Waals surface area (Å²) < 4.78 is 12.3. The Hall–Kier alpha value is -4.68. The third-order valence-electron chi connectivity index (χ3n) is 7.89. The van der Waals surface area contributed by atoms with E-state index in [1.807, 2.05) is 72.8 Å². The van der Waals surface area contributed by atoms with E-state index in [4.69, 9.17) is 74.6 Å². The standard InChI is InChI=1S/C33H13B5ClN3O2/c34-26-25(27(35)29(37)30(38)28(26)36)33-41-31(14-5-8-18-17-3-1-2-4-21(17)43-22(18)11-14)40-32(42-33)15-6-9-19-20-10-7-16(39)13-24(20)44-23(19)12-15/h1-13H. The van der Waals surface area contributed by atoms with Crippen LogP contribution < -0.4 is 27.3 Å². The summed E-state index contributed by atoms with van der Waals surface area (Å²) in [5, 5.41) is 4.45. The summed E-state index contributed by atoms with van der Waals surface area (Å²) in [5.74, 6) is 0.888. The van der Waals surface area contributed by atoms with Crippen LogP contribution >= 0.6 is 11.6 Å². The average molecular weight is 573 g/mol. The molecule has 0 aliphatic rings. The maximum absolute atomic E-state index is 6.43. The predicted molar refractivity (Wildman–Crippen MR) is 183 cm³/mol. The molecule has 3 aromatic heterocycles. The second kappa shape index (κ2) is 9.93. The maximum atomic E-state index is 6.43. The fourth-order valence-electron chi connectivity index (χ4n) is 5.59. The van der Waals surface area contributed by atoms with E-state index in [1.54, 1.807) is 6.07 Å². The van der Waals surface area contributed by atoms with Gasteiger partial charge in [-0.1, -0.05) is 52.9 Å². The van der Waals surface area contributed by atoms with Crippen molar-refractivity contribution in [3.8, 4) is 34.2 Å². The highest BCUT2D eigenvalue weighted by Crippen LogP contribution is 2.35. The molecule has 8 rings (SSSR count). The van der Waals surface area contributed by atoms with Crippen molar-refractivity contribution in [2.24, 2.45) is 0 Å². The SMILES string of the molecule is [B]c1c([B])c([B])c(-c2nc(-c3ccc4c(c3)oc3ccccc34)nc(-c3ccc4c(c3)oc3cc(Cl)ccc34)n2)c([B])c1[B]. The Morgan fingerprint density at radius 1 is 0.455 bits per heavy atom. The largest absolute Gasteiger partial charge is 0.456 e. The van der Waals surface area contributed by atoms with E-state index in [-0.39, 0.29) is 38.7 Å². The molecule has 10 radical (unpaired) electrons. The van der Waals surface area contributed by atoms with Crippen LogP contribution in [0.15, 0.2) is 87.7 Å². The zero-order chi connectivity index (χ0) is 30.3. The topological polar surface area (TPSA) is 65.0 Å². The molecule has 0 atom stereocenters. The number of rotatable bonds is 3. The molecule has 11 heteroatoms. The molecule has 0 fully saturated rings. The van der Waals surface area contributed by atoms with Crippen LogP contribution in [0.2, 0.25) is 5.02 Å². The third-order valence-corrected chi connectivity index (χ3v) is 8.12. The van der Waals surface area contributed by atoms with E-state index in [1.165, 1.54) is 0 Å². The second-order valence-electron chi connectivity index (χ2n) is 10.5. The smallest absolute Gasteiger partial charge is 0.164 e. The first-order chi connectivity index (χ1) is 21.3. The van der Waals surface area contributed by atoms with Crippen molar-refractivity contribution in [2.75, 3.05) is 0 Å². The molecule has 0 saturated carbocycles. The highest BCUT2D eigenvalue weighted by atomic mass is 35.5. The van der Waals surface area contributed by atoms with Crippen molar-refractivity contribution in [3.63, 3.8) is 0 Å². The van der Waals surface area contributed by atoms with Crippen LogP contribution in [-0.4, -0.2) is 54.2 Å². The molecule has 0 aliphatic heterocycles. The lowest BCUT2D eigenvalue weighted by atomic mass is 9.60. The fourth-order valence-corrected chi connectivity index (χ4v) is 5.75. The molecule has 0 amide bonds. The first-order valence-corrected chi connectivity index (χ1v) is 14.0. The minimum Gasteiger partial charge on any atom is -0.456 e. The van der Waals surface area contributed by atoms with Crippen molar-refractivity contribution in [1.82, 2.24) is 15.0 Å². The molecule has 0 unspecified atom stereocenters. The van der Waals surface area contributed by atoms with Gasteiger partial charge in [0.15, 0.2) is 17.5 Å². The van der Waals surface area contributed by atoms with Gasteiger partial charge >= 0.3 is 0 Å². The molecule has 5 nitrogen and oxygen atoms in total. The fraction of sp³-hybridized carbons (Fsp3) is 0. The molecule has 8 aromatic rings. The summed E-state index contributed by atoms with van der Waals surface area (Å²) in [6, 6.07) is 24.9. The molecule has 0 bridgehead atoms. The van der Waals surface area contributed by atoms with Crippen molar-refractivity contribution in [3.05, 3.63) is 83.9 Å². The van der Waals surface area contributed by atoms with E-state index in [9.17, 15) is 0 Å². The van der Waals surface area contributed by atoms with Crippen molar-refractivity contribution in [2.45, 2.75) is 0 Å². The van der Waals surface area contributed by atoms with Crippen LogP contribution in [-0.2, 0) is 0 Å². The highest BCUT2D eigenvalue weighted by Gasteiger charge is 2.19. The number of hydrogen-bond acceptors (Lipinski definition) is 5. The maximum Gasteiger partial charge on any atom is 0.164 e. The summed E-state index contributed by atoms with van der Waals surface area (Å²) in [5.41, 5.74) is 4.96. The highest BCUT2D eigenvalue weighted by molar-refractivity contribution is 6.68. The molecule has 3 heterocycles. The second-order valence-corrected chi connectivity index (χ2v) is 10.9. The van der Waals surface area contributed by atoms with E-state index in [0.29, 0.717) is 44.5 Å². The lowest BCUT2D eigenvalue weighted by molar-refractivity contribution is 0.668. The van der Waals surface area contributed by atoms with Gasteiger partial charge in [0.1, 0.15) is 61.6 Å². The molecule has 0 saturated heterocycles. The third kappa shape index (κ3) is 4.12. The summed E-state index contributed by atoms with van der Waals surface area (Å²) in [6.07, 6.45) is 0. The number of para-hydroxylation sites is 1. The lowest BCUT2D eigenvalue weighted by Crippen LogP contribution is -2.55. The Bertz CT molecular complexity index is 2460. The van der Waals surface area contributed by atoms with Crippen LogP contribution in [0, 0.1) is 0 Å². The Balaban J connectivity index is 1.37. The van der Waals surface area contributed by atoms with Gasteiger partial charge in [-0.15, -0.1) is 16.4 Å². The monoisotopic (exact) mass is 573 g/mol. The van der Waals surface area contributed by atoms with Gasteiger partial charge < -0.3 is 8.83 Å². The number of aromatic nitrogens is 3. The molecule has 194 valence electrons. The Morgan fingerprint density at radius 3 is 1.52 bits per heavy atom. The molecule has 0 spiro atoms. The number of halogens is 1. The molecule has 5 aromatic carbocycles. The van der Waals surface area contributed by atoms with Crippen molar-refractivity contribution >= 4 is 122 Å². The van der Waals surface area contributed by atoms with Crippen molar-refractivity contribution in [1.29, 1.82) is 0 Å². The van der Waals surface area contributed by atoms with E-state index < -0.39 is 0 Å². The van der Waals surface area contributed by atoms with Crippen molar-refractivity contribution < 1.29 is 8.83 Å². The summed E-state index contributed by atoms with van der Waals surface area (Å²) in [6.45, 7) is 0. The minimum absolute atomic E-state index is 0.0984. The van der Waals surface area contributed by atoms with E-state index in [0.717, 1.165) is 27.1 Å². The molecule has 0 N–H and O–H groups in total. The Kier molecular flexibility index (Phi) is 6.07. The van der Waals surface area contributed by atoms with Gasteiger partial charge in [-0.2, -0.15) is 0 Å². The van der Waals surface area contributed by atoms with Gasteiger partial charge in [0.25, 0.3) is 0 Å². The molecular weight excluding hydrogens is 560 g/mol.